The molecule has 0 heterocycles. The molecule has 0 aromatic heterocycles. The van der Waals surface area contributed by atoms with Gasteiger partial charge in [0.05, 0.1) is 45.2 Å². The Bertz CT molecular complexity index is 1000. The Hall–Kier alpha value is -2.54. The zero-order chi connectivity index (χ0) is 44.5. The molecule has 0 fully saturated rings. The lowest BCUT2D eigenvalue weighted by Crippen LogP contribution is -2.57. The molecule has 12 heteroatoms. The molecule has 2 amide bonds. The van der Waals surface area contributed by atoms with Crippen molar-refractivity contribution in [2.75, 3.05) is 59.3 Å². The number of amides is 2. The molecule has 0 rings (SSSR count). The van der Waals surface area contributed by atoms with E-state index in [2.05, 4.69) is 50.6 Å². The van der Waals surface area contributed by atoms with E-state index in [0.29, 0.717) is 94.9 Å². The number of carbonyl (C=O) groups excluding carboxylic acids is 6. The van der Waals surface area contributed by atoms with E-state index in [0.717, 1.165) is 96.3 Å². The van der Waals surface area contributed by atoms with Gasteiger partial charge in [-0.15, -0.1) is 0 Å². The van der Waals surface area contributed by atoms with Crippen molar-refractivity contribution in [3.63, 3.8) is 0 Å². The fourth-order valence-corrected chi connectivity index (χ4v) is 6.57. The molecule has 0 aliphatic rings. The molecule has 1 unspecified atom stereocenters. The van der Waals surface area contributed by atoms with E-state index >= 15 is 0 Å². The second kappa shape index (κ2) is 40.5. The molecule has 350 valence electrons. The van der Waals surface area contributed by atoms with Crippen LogP contribution in [0.4, 0.5) is 0 Å². The van der Waals surface area contributed by atoms with Gasteiger partial charge < -0.3 is 30.2 Å². The first-order valence-corrected chi connectivity index (χ1v) is 24.0. The highest BCUT2D eigenvalue weighted by atomic mass is 16.5. The van der Waals surface area contributed by atoms with Crippen molar-refractivity contribution in [2.24, 2.45) is 5.92 Å². The third kappa shape index (κ3) is 37.2. The predicted octanol–water partition coefficient (Wildman–Crippen LogP) is 8.73. The summed E-state index contributed by atoms with van der Waals surface area (Å²) in [6.45, 7) is 13.7. The summed E-state index contributed by atoms with van der Waals surface area (Å²) in [5.74, 6) is 1.14. The molecule has 0 aromatic rings. The predicted molar refractivity (Wildman–Crippen MR) is 241 cm³/mol. The van der Waals surface area contributed by atoms with Gasteiger partial charge in [-0.05, 0) is 70.3 Å². The topological polar surface area (TPSA) is 166 Å². The van der Waals surface area contributed by atoms with Crippen LogP contribution in [0.2, 0.25) is 0 Å². The van der Waals surface area contributed by atoms with Crippen LogP contribution in [0.3, 0.4) is 0 Å². The minimum atomic E-state index is -0.768. The number of hydrogen-bond donors (Lipinski definition) is 3. The standard InChI is InChI=1S/C48H89N3O9/c1-6-9-13-22-42(52)24-16-12-17-25-44(54)29-34-58-38-48(51-37-41(4)5,39-59-35-30-45(55)27-19-21-32-49-46(56)28-15-11-8-3)40-60-36-31-47(57)50-33-20-18-26-43(53)23-14-10-7-2/h41,51H,6-40H2,1-5H3,(H,49,56)(H,50,57). The van der Waals surface area contributed by atoms with Gasteiger partial charge in [-0.3, -0.25) is 28.8 Å². The monoisotopic (exact) mass is 852 g/mol. The quantitative estimate of drug-likeness (QED) is 0.0504. The summed E-state index contributed by atoms with van der Waals surface area (Å²) >= 11 is 0. The summed E-state index contributed by atoms with van der Waals surface area (Å²) in [7, 11) is 0. The number of unbranched alkanes of at least 4 members (excludes halogenated alkanes) is 10. The Balaban J connectivity index is 5.01. The maximum atomic E-state index is 12.7. The maximum Gasteiger partial charge on any atom is 0.222 e. The molecule has 1 atom stereocenters. The molecule has 12 nitrogen and oxygen atoms in total. The van der Waals surface area contributed by atoms with E-state index in [9.17, 15) is 28.8 Å². The van der Waals surface area contributed by atoms with Gasteiger partial charge in [0.2, 0.25) is 11.8 Å². The largest absolute Gasteiger partial charge is 0.379 e. The number of ether oxygens (including phenoxy) is 3. The molecule has 0 bridgehead atoms. The average molecular weight is 852 g/mol. The van der Waals surface area contributed by atoms with Crippen molar-refractivity contribution in [3.8, 4) is 0 Å². The van der Waals surface area contributed by atoms with Crippen LogP contribution in [0, 0.1) is 5.92 Å². The van der Waals surface area contributed by atoms with E-state index in [4.69, 9.17) is 14.2 Å². The van der Waals surface area contributed by atoms with Gasteiger partial charge >= 0.3 is 0 Å². The summed E-state index contributed by atoms with van der Waals surface area (Å²) in [6.07, 6.45) is 19.4. The van der Waals surface area contributed by atoms with Crippen LogP contribution in [0.5, 0.6) is 0 Å². The van der Waals surface area contributed by atoms with Crippen LogP contribution < -0.4 is 16.0 Å². The molecule has 0 spiro atoms. The number of hydrogen-bond acceptors (Lipinski definition) is 10. The Kier molecular flexibility index (Phi) is 38.8. The lowest BCUT2D eigenvalue weighted by Gasteiger charge is -2.35. The molecule has 0 aliphatic heterocycles. The molecule has 0 aliphatic carbocycles. The number of ketones is 4. The number of nitrogens with one attached hydrogen (secondary N) is 3. The van der Waals surface area contributed by atoms with E-state index < -0.39 is 5.54 Å². The molecule has 0 saturated carbocycles. The molecule has 0 aromatic carbocycles. The van der Waals surface area contributed by atoms with Crippen LogP contribution in [-0.4, -0.2) is 99.8 Å². The van der Waals surface area contributed by atoms with Crippen molar-refractivity contribution >= 4 is 34.9 Å². The minimum absolute atomic E-state index is 0.0723. The van der Waals surface area contributed by atoms with Crippen molar-refractivity contribution in [1.82, 2.24) is 16.0 Å². The van der Waals surface area contributed by atoms with Crippen LogP contribution in [0.15, 0.2) is 0 Å². The first-order chi connectivity index (χ1) is 29.0. The summed E-state index contributed by atoms with van der Waals surface area (Å²) in [5.41, 5.74) is -0.768. The summed E-state index contributed by atoms with van der Waals surface area (Å²) in [4.78, 5) is 73.8. The van der Waals surface area contributed by atoms with Gasteiger partial charge in [-0.2, -0.15) is 0 Å². The van der Waals surface area contributed by atoms with E-state index in [-0.39, 0.29) is 75.9 Å². The van der Waals surface area contributed by atoms with Crippen LogP contribution in [0.25, 0.3) is 0 Å². The van der Waals surface area contributed by atoms with Crippen molar-refractivity contribution < 1.29 is 43.0 Å². The highest BCUT2D eigenvalue weighted by molar-refractivity contribution is 5.79. The number of rotatable bonds is 46. The average Bonchev–Trinajstić information content (AvgIpc) is 3.21. The summed E-state index contributed by atoms with van der Waals surface area (Å²) in [5, 5.41) is 9.45. The highest BCUT2D eigenvalue weighted by Crippen LogP contribution is 2.14. The first kappa shape index (κ1) is 57.5. The molecule has 0 radical (unpaired) electrons. The maximum absolute atomic E-state index is 12.7. The normalized spacial score (nSPS) is 12.4. The lowest BCUT2D eigenvalue weighted by molar-refractivity contribution is -0.123. The Morgan fingerprint density at radius 2 is 0.750 bits per heavy atom. The van der Waals surface area contributed by atoms with Gasteiger partial charge in [0.25, 0.3) is 0 Å². The second-order valence-electron chi connectivity index (χ2n) is 17.2. The van der Waals surface area contributed by atoms with E-state index in [1.807, 2.05) is 0 Å². The fourth-order valence-electron chi connectivity index (χ4n) is 6.57. The van der Waals surface area contributed by atoms with Crippen molar-refractivity contribution in [3.05, 3.63) is 0 Å². The molecular formula is C48H89N3O9. The van der Waals surface area contributed by atoms with Crippen LogP contribution in [-0.2, 0) is 43.0 Å². The van der Waals surface area contributed by atoms with E-state index in [1.54, 1.807) is 0 Å². The third-order valence-electron chi connectivity index (χ3n) is 10.5. The summed E-state index contributed by atoms with van der Waals surface area (Å²) < 4.78 is 18.3. The van der Waals surface area contributed by atoms with Gasteiger partial charge in [0, 0.05) is 77.3 Å². The second-order valence-corrected chi connectivity index (χ2v) is 17.2. The van der Waals surface area contributed by atoms with Crippen LogP contribution in [0.1, 0.15) is 202 Å². The Labute approximate surface area is 365 Å². The van der Waals surface area contributed by atoms with Crippen LogP contribution >= 0.6 is 0 Å². The number of carbonyl (C=O) groups is 6. The lowest BCUT2D eigenvalue weighted by atomic mass is 10.0. The Morgan fingerprint density at radius 1 is 0.417 bits per heavy atom. The van der Waals surface area contributed by atoms with Gasteiger partial charge in [-0.25, -0.2) is 0 Å². The zero-order valence-electron chi connectivity index (χ0n) is 39.0. The number of Topliss-reactive ketones (excluding diaryl/α,β-unsaturated/α-hetero) is 4. The Morgan fingerprint density at radius 3 is 1.15 bits per heavy atom. The molecule has 3 N–H and O–H groups in total. The van der Waals surface area contributed by atoms with Gasteiger partial charge in [0.15, 0.2) is 0 Å². The smallest absolute Gasteiger partial charge is 0.222 e. The van der Waals surface area contributed by atoms with Crippen molar-refractivity contribution in [2.45, 2.75) is 207 Å². The highest BCUT2D eigenvalue weighted by Gasteiger charge is 2.32. The molecule has 0 saturated heterocycles. The SMILES string of the molecule is CCCCCC(=O)CCCCCC(=O)CCOCC(COCCC(=O)CCCCNC(=O)CCCCC)(COCCC(=O)NCCCCC(=O)CCCCC)NCC(C)C. The molecular weight excluding hydrogens is 763 g/mol. The fraction of sp³-hybridized carbons (Fsp3) is 0.875. The van der Waals surface area contributed by atoms with E-state index in [1.165, 1.54) is 0 Å². The van der Waals surface area contributed by atoms with Crippen molar-refractivity contribution in [1.29, 1.82) is 0 Å². The molecule has 60 heavy (non-hydrogen) atoms. The van der Waals surface area contributed by atoms with Gasteiger partial charge in [-0.1, -0.05) is 79.6 Å². The third-order valence-corrected chi connectivity index (χ3v) is 10.5. The summed E-state index contributed by atoms with van der Waals surface area (Å²) in [6, 6.07) is 0. The zero-order valence-corrected chi connectivity index (χ0v) is 39.0. The minimum Gasteiger partial charge on any atom is -0.379 e. The first-order valence-electron chi connectivity index (χ1n) is 24.0. The van der Waals surface area contributed by atoms with Gasteiger partial charge in [0.1, 0.15) is 23.1 Å².